The Morgan fingerprint density at radius 2 is 1.96 bits per heavy atom. The molecule has 3 rings (SSSR count). The molecule has 1 saturated carbocycles. The summed E-state index contributed by atoms with van der Waals surface area (Å²) in [5.74, 6) is -1.11. The summed E-state index contributed by atoms with van der Waals surface area (Å²) in [5, 5.41) is 8.67. The lowest BCUT2D eigenvalue weighted by atomic mass is 9.87. The molecule has 0 bridgehead atoms. The van der Waals surface area contributed by atoms with Gasteiger partial charge in [0, 0.05) is 23.8 Å². The average molecular weight is 371 g/mol. The van der Waals surface area contributed by atoms with E-state index < -0.39 is 24.1 Å². The Morgan fingerprint density at radius 1 is 1.23 bits per heavy atom. The van der Waals surface area contributed by atoms with Gasteiger partial charge in [0.05, 0.1) is 12.5 Å². The van der Waals surface area contributed by atoms with Gasteiger partial charge in [-0.1, -0.05) is 18.9 Å². The minimum Gasteiger partial charge on any atom is -0.406 e. The second-order valence-electron chi connectivity index (χ2n) is 6.55. The SMILES string of the molecule is O=C(C[C@@H]1N[C@@H]2CCCC[C@H]2NC1=O)Nc1cccc(OC(F)(F)F)c1. The monoisotopic (exact) mass is 371 g/mol. The maximum absolute atomic E-state index is 12.3. The van der Waals surface area contributed by atoms with Gasteiger partial charge in [-0.25, -0.2) is 0 Å². The first-order valence-corrected chi connectivity index (χ1v) is 8.52. The van der Waals surface area contributed by atoms with Crippen LogP contribution in [-0.2, 0) is 9.59 Å². The zero-order valence-corrected chi connectivity index (χ0v) is 13.9. The Kier molecular flexibility index (Phi) is 5.36. The van der Waals surface area contributed by atoms with E-state index in [2.05, 4.69) is 20.7 Å². The first-order chi connectivity index (χ1) is 12.3. The third kappa shape index (κ3) is 4.87. The number of halogens is 3. The number of carbonyl (C=O) groups is 2. The van der Waals surface area contributed by atoms with Crippen molar-refractivity contribution in [2.75, 3.05) is 5.32 Å². The van der Waals surface area contributed by atoms with Crippen LogP contribution < -0.4 is 20.7 Å². The van der Waals surface area contributed by atoms with E-state index in [0.717, 1.165) is 37.8 Å². The van der Waals surface area contributed by atoms with E-state index in [-0.39, 0.29) is 30.1 Å². The third-order valence-electron chi connectivity index (χ3n) is 4.57. The highest BCUT2D eigenvalue weighted by Crippen LogP contribution is 2.25. The lowest BCUT2D eigenvalue weighted by molar-refractivity contribution is -0.274. The number of nitrogens with one attached hydrogen (secondary N) is 3. The summed E-state index contributed by atoms with van der Waals surface area (Å²) >= 11 is 0. The van der Waals surface area contributed by atoms with Crippen molar-refractivity contribution >= 4 is 17.5 Å². The molecule has 6 nitrogen and oxygen atoms in total. The molecule has 2 fully saturated rings. The van der Waals surface area contributed by atoms with Gasteiger partial charge in [-0.2, -0.15) is 0 Å². The molecule has 1 aliphatic carbocycles. The first-order valence-electron chi connectivity index (χ1n) is 8.52. The van der Waals surface area contributed by atoms with Crippen molar-refractivity contribution in [3.05, 3.63) is 24.3 Å². The summed E-state index contributed by atoms with van der Waals surface area (Å²) in [7, 11) is 0. The van der Waals surface area contributed by atoms with Gasteiger partial charge in [0.2, 0.25) is 11.8 Å². The Balaban J connectivity index is 1.57. The molecule has 0 radical (unpaired) electrons. The van der Waals surface area contributed by atoms with Crippen molar-refractivity contribution in [3.63, 3.8) is 0 Å². The number of fused-ring (bicyclic) bond motifs is 1. The first kappa shape index (κ1) is 18.5. The number of benzene rings is 1. The second kappa shape index (κ2) is 7.53. The molecular formula is C17H20F3N3O3. The summed E-state index contributed by atoms with van der Waals surface area (Å²) in [6.45, 7) is 0. The van der Waals surface area contributed by atoms with Crippen molar-refractivity contribution in [3.8, 4) is 5.75 Å². The maximum atomic E-state index is 12.3. The van der Waals surface area contributed by atoms with E-state index in [1.165, 1.54) is 12.1 Å². The molecule has 9 heteroatoms. The van der Waals surface area contributed by atoms with E-state index >= 15 is 0 Å². The zero-order chi connectivity index (χ0) is 18.7. The Bertz CT molecular complexity index is 681. The van der Waals surface area contributed by atoms with E-state index in [4.69, 9.17) is 0 Å². The molecule has 3 atom stereocenters. The number of ether oxygens (including phenoxy) is 1. The normalized spacial score (nSPS) is 25.8. The summed E-state index contributed by atoms with van der Waals surface area (Å²) in [5.41, 5.74) is 0.170. The molecule has 142 valence electrons. The number of alkyl halides is 3. The fourth-order valence-electron chi connectivity index (χ4n) is 3.44. The zero-order valence-electron chi connectivity index (χ0n) is 13.9. The third-order valence-corrected chi connectivity index (χ3v) is 4.57. The van der Waals surface area contributed by atoms with E-state index in [0.29, 0.717) is 0 Å². The molecule has 3 N–H and O–H groups in total. The fraction of sp³-hybridized carbons (Fsp3) is 0.529. The van der Waals surface area contributed by atoms with Crippen LogP contribution in [0.1, 0.15) is 32.1 Å². The van der Waals surface area contributed by atoms with Crippen LogP contribution >= 0.6 is 0 Å². The van der Waals surface area contributed by atoms with E-state index in [1.807, 2.05) is 0 Å². The van der Waals surface area contributed by atoms with Crippen molar-refractivity contribution in [1.29, 1.82) is 0 Å². The van der Waals surface area contributed by atoms with Crippen LogP contribution in [-0.4, -0.2) is 36.3 Å². The van der Waals surface area contributed by atoms with Crippen LogP contribution in [0.4, 0.5) is 18.9 Å². The standard InChI is InChI=1S/C17H20F3N3O3/c18-17(19,20)26-11-5-3-4-10(8-11)21-15(24)9-14-16(25)23-13-7-2-1-6-12(13)22-14/h3-5,8,12-14,22H,1-2,6-7,9H2,(H,21,24)(H,23,25)/t12-,13-,14+/m1/s1. The highest BCUT2D eigenvalue weighted by molar-refractivity contribution is 5.95. The summed E-state index contributed by atoms with van der Waals surface area (Å²) in [6, 6.07) is 4.62. The predicted octanol–water partition coefficient (Wildman–Crippen LogP) is 2.31. The second-order valence-corrected chi connectivity index (χ2v) is 6.55. The van der Waals surface area contributed by atoms with Gasteiger partial charge < -0.3 is 20.7 Å². The van der Waals surface area contributed by atoms with Gasteiger partial charge in [0.25, 0.3) is 0 Å². The van der Waals surface area contributed by atoms with E-state index in [1.54, 1.807) is 0 Å². The number of amides is 2. The Labute approximate surface area is 148 Å². The molecule has 0 spiro atoms. The van der Waals surface area contributed by atoms with Gasteiger partial charge >= 0.3 is 6.36 Å². The number of rotatable bonds is 4. The number of hydrogen-bond donors (Lipinski definition) is 3. The number of hydrogen-bond acceptors (Lipinski definition) is 4. The summed E-state index contributed by atoms with van der Waals surface area (Å²) in [6.07, 6.45) is -0.879. The molecule has 2 aliphatic rings. The quantitative estimate of drug-likeness (QED) is 0.759. The topological polar surface area (TPSA) is 79.5 Å². The molecule has 2 amide bonds. The van der Waals surface area contributed by atoms with E-state index in [9.17, 15) is 22.8 Å². The summed E-state index contributed by atoms with van der Waals surface area (Å²) < 4.78 is 40.6. The number of piperazine rings is 1. The predicted molar refractivity (Wildman–Crippen MR) is 87.5 cm³/mol. The van der Waals surface area contributed by atoms with Crippen molar-refractivity contribution in [1.82, 2.24) is 10.6 Å². The lowest BCUT2D eigenvalue weighted by Crippen LogP contribution is -2.65. The fourth-order valence-corrected chi connectivity index (χ4v) is 3.44. The number of anilines is 1. The van der Waals surface area contributed by atoms with Crippen LogP contribution in [0.15, 0.2) is 24.3 Å². The molecule has 0 aromatic heterocycles. The molecule has 0 unspecified atom stereocenters. The van der Waals surface area contributed by atoms with Crippen molar-refractivity contribution in [2.24, 2.45) is 0 Å². The smallest absolute Gasteiger partial charge is 0.406 e. The van der Waals surface area contributed by atoms with Gasteiger partial charge in [-0.3, -0.25) is 9.59 Å². The van der Waals surface area contributed by atoms with Crippen LogP contribution in [0.2, 0.25) is 0 Å². The van der Waals surface area contributed by atoms with Gasteiger partial charge in [0.15, 0.2) is 0 Å². The Hall–Kier alpha value is -2.29. The highest BCUT2D eigenvalue weighted by atomic mass is 19.4. The van der Waals surface area contributed by atoms with Crippen LogP contribution in [0.3, 0.4) is 0 Å². The van der Waals surface area contributed by atoms with Gasteiger partial charge in [-0.05, 0) is 25.0 Å². The van der Waals surface area contributed by atoms with Gasteiger partial charge in [0.1, 0.15) is 5.75 Å². The summed E-state index contributed by atoms with van der Waals surface area (Å²) in [4.78, 5) is 24.3. The largest absolute Gasteiger partial charge is 0.573 e. The average Bonchev–Trinajstić information content (AvgIpc) is 2.54. The maximum Gasteiger partial charge on any atom is 0.573 e. The molecular weight excluding hydrogens is 351 g/mol. The minimum absolute atomic E-state index is 0.0978. The Morgan fingerprint density at radius 3 is 2.69 bits per heavy atom. The molecule has 1 aliphatic heterocycles. The molecule has 1 saturated heterocycles. The molecule has 1 heterocycles. The molecule has 1 aromatic carbocycles. The van der Waals surface area contributed by atoms with Crippen molar-refractivity contribution < 1.29 is 27.5 Å². The molecule has 26 heavy (non-hydrogen) atoms. The lowest BCUT2D eigenvalue weighted by Gasteiger charge is -2.40. The highest BCUT2D eigenvalue weighted by Gasteiger charge is 2.37. The van der Waals surface area contributed by atoms with Crippen LogP contribution in [0.25, 0.3) is 0 Å². The molecule has 1 aromatic rings. The number of carbonyl (C=O) groups excluding carboxylic acids is 2. The van der Waals surface area contributed by atoms with Crippen LogP contribution in [0.5, 0.6) is 5.75 Å². The van der Waals surface area contributed by atoms with Gasteiger partial charge in [-0.15, -0.1) is 13.2 Å². The van der Waals surface area contributed by atoms with Crippen LogP contribution in [0, 0.1) is 0 Å². The minimum atomic E-state index is -4.80. The van der Waals surface area contributed by atoms with Crippen molar-refractivity contribution in [2.45, 2.75) is 56.6 Å².